The van der Waals surface area contributed by atoms with Crippen molar-refractivity contribution in [3.63, 3.8) is 0 Å². The molecule has 0 saturated heterocycles. The molecule has 0 aliphatic heterocycles. The van der Waals surface area contributed by atoms with Crippen molar-refractivity contribution in [1.29, 1.82) is 0 Å². The van der Waals surface area contributed by atoms with E-state index in [9.17, 15) is 4.79 Å². The van der Waals surface area contributed by atoms with E-state index in [-0.39, 0.29) is 5.97 Å². The predicted molar refractivity (Wildman–Crippen MR) is 94.6 cm³/mol. The molecule has 2 aromatic heterocycles. The first-order valence-corrected chi connectivity index (χ1v) is 8.95. The third-order valence-electron chi connectivity index (χ3n) is 4.85. The Morgan fingerprint density at radius 2 is 1.88 bits per heavy atom. The zero-order valence-corrected chi connectivity index (χ0v) is 14.5. The van der Waals surface area contributed by atoms with E-state index in [1.165, 1.54) is 23.8 Å². The summed E-state index contributed by atoms with van der Waals surface area (Å²) in [5, 5.41) is 3.27. The smallest absolute Gasteiger partial charge is 0.337 e. The Bertz CT molecular complexity index is 901. The third-order valence-corrected chi connectivity index (χ3v) is 5.66. The SMILES string of the molecule is COC(=O)c1ccc(C2CCC2c2nc(C)nc3sccc23)cc1. The van der Waals surface area contributed by atoms with Crippen molar-refractivity contribution in [3.05, 3.63) is 58.4 Å². The molecule has 2 atom stereocenters. The molecule has 1 aliphatic carbocycles. The Hall–Kier alpha value is -2.27. The second kappa shape index (κ2) is 5.98. The van der Waals surface area contributed by atoms with Crippen LogP contribution in [0.4, 0.5) is 0 Å². The van der Waals surface area contributed by atoms with Crippen molar-refractivity contribution in [1.82, 2.24) is 9.97 Å². The number of carbonyl (C=O) groups excluding carboxylic acids is 1. The molecule has 4 rings (SSSR count). The van der Waals surface area contributed by atoms with Gasteiger partial charge < -0.3 is 4.74 Å². The predicted octanol–water partition coefficient (Wildman–Crippen LogP) is 4.45. The first-order chi connectivity index (χ1) is 11.7. The van der Waals surface area contributed by atoms with E-state index in [0.717, 1.165) is 23.5 Å². The number of thiophene rings is 1. The minimum atomic E-state index is -0.293. The molecule has 0 radical (unpaired) electrons. The average Bonchev–Trinajstić information content (AvgIpc) is 3.02. The van der Waals surface area contributed by atoms with E-state index in [1.54, 1.807) is 11.3 Å². The Balaban J connectivity index is 1.66. The van der Waals surface area contributed by atoms with E-state index in [1.807, 2.05) is 31.2 Å². The van der Waals surface area contributed by atoms with Gasteiger partial charge in [-0.15, -0.1) is 11.3 Å². The summed E-state index contributed by atoms with van der Waals surface area (Å²) >= 11 is 1.67. The number of aromatic nitrogens is 2. The summed E-state index contributed by atoms with van der Waals surface area (Å²) < 4.78 is 4.77. The van der Waals surface area contributed by atoms with Crippen LogP contribution in [-0.4, -0.2) is 23.0 Å². The van der Waals surface area contributed by atoms with Crippen LogP contribution in [0.3, 0.4) is 0 Å². The highest BCUT2D eigenvalue weighted by Gasteiger charge is 2.35. The van der Waals surface area contributed by atoms with Crippen LogP contribution in [0.2, 0.25) is 0 Å². The molecule has 5 heteroatoms. The molecule has 4 nitrogen and oxygen atoms in total. The van der Waals surface area contributed by atoms with Gasteiger partial charge in [-0.3, -0.25) is 0 Å². The van der Waals surface area contributed by atoms with Gasteiger partial charge in [0.05, 0.1) is 18.4 Å². The molecule has 1 saturated carbocycles. The number of fused-ring (bicyclic) bond motifs is 1. The fraction of sp³-hybridized carbons (Fsp3) is 0.316. The number of esters is 1. The maximum absolute atomic E-state index is 11.6. The molecule has 0 amide bonds. The fourth-order valence-corrected chi connectivity index (χ4v) is 4.30. The molecule has 3 aromatic rings. The van der Waals surface area contributed by atoms with Crippen LogP contribution in [0, 0.1) is 6.92 Å². The zero-order chi connectivity index (χ0) is 16.7. The zero-order valence-electron chi connectivity index (χ0n) is 13.7. The summed E-state index contributed by atoms with van der Waals surface area (Å²) in [4.78, 5) is 21.9. The highest BCUT2D eigenvalue weighted by molar-refractivity contribution is 7.16. The molecule has 2 heterocycles. The van der Waals surface area contributed by atoms with Crippen molar-refractivity contribution >= 4 is 27.5 Å². The van der Waals surface area contributed by atoms with Gasteiger partial charge in [0.1, 0.15) is 10.7 Å². The lowest BCUT2D eigenvalue weighted by Gasteiger charge is -2.37. The number of benzene rings is 1. The number of methoxy groups -OCH3 is 1. The van der Waals surface area contributed by atoms with Gasteiger partial charge >= 0.3 is 5.97 Å². The maximum Gasteiger partial charge on any atom is 0.337 e. The summed E-state index contributed by atoms with van der Waals surface area (Å²) in [6.45, 7) is 1.96. The van der Waals surface area contributed by atoms with E-state index >= 15 is 0 Å². The summed E-state index contributed by atoms with van der Waals surface area (Å²) in [5.41, 5.74) is 3.03. The Kier molecular flexibility index (Phi) is 3.81. The normalized spacial score (nSPS) is 19.9. The van der Waals surface area contributed by atoms with E-state index in [4.69, 9.17) is 9.72 Å². The third kappa shape index (κ3) is 2.49. The number of nitrogens with zero attached hydrogens (tertiary/aromatic N) is 2. The van der Waals surface area contributed by atoms with Crippen LogP contribution in [0.5, 0.6) is 0 Å². The highest BCUT2D eigenvalue weighted by Crippen LogP contribution is 2.50. The quantitative estimate of drug-likeness (QED) is 0.662. The molecular formula is C19H18N2O2S. The van der Waals surface area contributed by atoms with E-state index in [2.05, 4.69) is 16.4 Å². The molecule has 0 bridgehead atoms. The lowest BCUT2D eigenvalue weighted by Crippen LogP contribution is -2.23. The van der Waals surface area contributed by atoms with E-state index < -0.39 is 0 Å². The van der Waals surface area contributed by atoms with Crippen molar-refractivity contribution in [3.8, 4) is 0 Å². The van der Waals surface area contributed by atoms with Gasteiger partial charge in [0.15, 0.2) is 0 Å². The van der Waals surface area contributed by atoms with Gasteiger partial charge in [0.2, 0.25) is 0 Å². The van der Waals surface area contributed by atoms with Gasteiger partial charge in [0.25, 0.3) is 0 Å². The average molecular weight is 338 g/mol. The van der Waals surface area contributed by atoms with Crippen LogP contribution < -0.4 is 0 Å². The van der Waals surface area contributed by atoms with Gasteiger partial charge in [-0.1, -0.05) is 12.1 Å². The van der Waals surface area contributed by atoms with E-state index in [0.29, 0.717) is 17.4 Å². The minimum absolute atomic E-state index is 0.293. The van der Waals surface area contributed by atoms with Gasteiger partial charge in [-0.25, -0.2) is 14.8 Å². The van der Waals surface area contributed by atoms with Crippen molar-refractivity contribution in [2.75, 3.05) is 7.11 Å². The van der Waals surface area contributed by atoms with Crippen LogP contribution in [0.15, 0.2) is 35.7 Å². The van der Waals surface area contributed by atoms with Crippen molar-refractivity contribution in [2.45, 2.75) is 31.6 Å². The molecule has 122 valence electrons. The van der Waals surface area contributed by atoms with Crippen LogP contribution in [0.1, 0.15) is 52.1 Å². The summed E-state index contributed by atoms with van der Waals surface area (Å²) in [7, 11) is 1.40. The molecular weight excluding hydrogens is 320 g/mol. The topological polar surface area (TPSA) is 52.1 Å². The number of hydrogen-bond donors (Lipinski definition) is 0. The lowest BCUT2D eigenvalue weighted by atomic mass is 9.68. The number of ether oxygens (including phenoxy) is 1. The largest absolute Gasteiger partial charge is 0.465 e. The molecule has 24 heavy (non-hydrogen) atoms. The van der Waals surface area contributed by atoms with Crippen molar-refractivity contribution in [2.24, 2.45) is 0 Å². The first kappa shape index (κ1) is 15.3. The molecule has 1 fully saturated rings. The number of carbonyl (C=O) groups is 1. The molecule has 1 aliphatic rings. The lowest BCUT2D eigenvalue weighted by molar-refractivity contribution is 0.0600. The Morgan fingerprint density at radius 3 is 2.54 bits per heavy atom. The van der Waals surface area contributed by atoms with Gasteiger partial charge in [0, 0.05) is 11.3 Å². The summed E-state index contributed by atoms with van der Waals surface area (Å²) in [6.07, 6.45) is 2.29. The molecule has 1 aromatic carbocycles. The Morgan fingerprint density at radius 1 is 1.12 bits per heavy atom. The first-order valence-electron chi connectivity index (χ1n) is 8.07. The van der Waals surface area contributed by atoms with Crippen molar-refractivity contribution < 1.29 is 9.53 Å². The second-order valence-corrected chi connectivity index (χ2v) is 7.09. The number of rotatable bonds is 3. The molecule has 0 N–H and O–H groups in total. The summed E-state index contributed by atoms with van der Waals surface area (Å²) in [6, 6.07) is 9.91. The molecule has 2 unspecified atom stereocenters. The Labute approximate surface area is 144 Å². The molecule has 0 spiro atoms. The fourth-order valence-electron chi connectivity index (χ4n) is 3.48. The van der Waals surface area contributed by atoms with Gasteiger partial charge in [-0.05, 0) is 54.8 Å². The second-order valence-electron chi connectivity index (χ2n) is 6.20. The number of aryl methyl sites for hydroxylation is 1. The van der Waals surface area contributed by atoms with Gasteiger partial charge in [-0.2, -0.15) is 0 Å². The minimum Gasteiger partial charge on any atom is -0.465 e. The monoisotopic (exact) mass is 338 g/mol. The van der Waals surface area contributed by atoms with Crippen LogP contribution >= 0.6 is 11.3 Å². The van der Waals surface area contributed by atoms with Crippen LogP contribution in [-0.2, 0) is 4.74 Å². The standard InChI is InChI=1S/C19H18N2O2S/c1-11-20-17(16-9-10-24-18(16)21-11)15-8-7-14(15)12-3-5-13(6-4-12)19(22)23-2/h3-6,9-10,14-15H,7-8H2,1-2H3. The maximum atomic E-state index is 11.6. The highest BCUT2D eigenvalue weighted by atomic mass is 32.1. The van der Waals surface area contributed by atoms with Crippen LogP contribution in [0.25, 0.3) is 10.2 Å². The number of hydrogen-bond acceptors (Lipinski definition) is 5. The summed E-state index contributed by atoms with van der Waals surface area (Å²) in [5.74, 6) is 1.42.